The summed E-state index contributed by atoms with van der Waals surface area (Å²) in [5, 5.41) is 7.36. The van der Waals surface area contributed by atoms with Gasteiger partial charge in [0, 0.05) is 12.5 Å². The van der Waals surface area contributed by atoms with Crippen molar-refractivity contribution in [2.75, 3.05) is 13.1 Å². The monoisotopic (exact) mass is 229 g/mol. The Morgan fingerprint density at radius 2 is 2.00 bits per heavy atom. The molecule has 0 radical (unpaired) electrons. The molecule has 4 nitrogen and oxygen atoms in total. The second kappa shape index (κ2) is 4.30. The summed E-state index contributed by atoms with van der Waals surface area (Å²) in [6, 6.07) is 6.45. The lowest BCUT2D eigenvalue weighted by Crippen LogP contribution is -2.16. The minimum Gasteiger partial charge on any atom is -0.339 e. The standard InChI is InChI=1S/C13H15N3O/c1-9-15-13(16-17-9)12-3-2-10-4-6-14-7-5-11(10)8-12/h2-3,8,14H,4-7H2,1H3. The molecular formula is C13H15N3O. The average molecular weight is 229 g/mol. The second-order valence-electron chi connectivity index (χ2n) is 4.37. The van der Waals surface area contributed by atoms with E-state index in [1.54, 1.807) is 0 Å². The minimum atomic E-state index is 0.608. The molecule has 0 unspecified atom stereocenters. The van der Waals surface area contributed by atoms with E-state index in [1.807, 2.05) is 6.92 Å². The van der Waals surface area contributed by atoms with E-state index < -0.39 is 0 Å². The first-order valence-corrected chi connectivity index (χ1v) is 5.96. The maximum Gasteiger partial charge on any atom is 0.223 e. The Hall–Kier alpha value is -1.68. The highest BCUT2D eigenvalue weighted by atomic mass is 16.5. The third kappa shape index (κ3) is 2.08. The summed E-state index contributed by atoms with van der Waals surface area (Å²) in [6.45, 7) is 3.92. The van der Waals surface area contributed by atoms with Gasteiger partial charge in [-0.25, -0.2) is 0 Å². The van der Waals surface area contributed by atoms with Crippen LogP contribution in [0.3, 0.4) is 0 Å². The molecule has 0 fully saturated rings. The number of nitrogens with one attached hydrogen (secondary N) is 1. The van der Waals surface area contributed by atoms with Gasteiger partial charge in [0.15, 0.2) is 0 Å². The summed E-state index contributed by atoms with van der Waals surface area (Å²) in [7, 11) is 0. The molecule has 2 aromatic rings. The predicted molar refractivity (Wildman–Crippen MR) is 64.7 cm³/mol. The summed E-state index contributed by atoms with van der Waals surface area (Å²) < 4.78 is 5.01. The number of nitrogens with zero attached hydrogens (tertiary/aromatic N) is 2. The van der Waals surface area contributed by atoms with Gasteiger partial charge in [-0.1, -0.05) is 17.3 Å². The van der Waals surface area contributed by atoms with Gasteiger partial charge in [0.25, 0.3) is 0 Å². The first kappa shape index (κ1) is 10.5. The van der Waals surface area contributed by atoms with Crippen LogP contribution in [0.1, 0.15) is 17.0 Å². The number of hydrogen-bond acceptors (Lipinski definition) is 4. The molecule has 1 N–H and O–H groups in total. The molecule has 0 amide bonds. The molecule has 0 bridgehead atoms. The lowest BCUT2D eigenvalue weighted by atomic mass is 10.00. The molecule has 2 heterocycles. The molecule has 17 heavy (non-hydrogen) atoms. The molecule has 1 aromatic carbocycles. The van der Waals surface area contributed by atoms with Crippen LogP contribution in [0.25, 0.3) is 11.4 Å². The van der Waals surface area contributed by atoms with Crippen LogP contribution in [-0.4, -0.2) is 23.2 Å². The molecule has 1 aromatic heterocycles. The van der Waals surface area contributed by atoms with Crippen molar-refractivity contribution in [3.8, 4) is 11.4 Å². The van der Waals surface area contributed by atoms with E-state index >= 15 is 0 Å². The summed E-state index contributed by atoms with van der Waals surface area (Å²) in [4.78, 5) is 4.26. The lowest BCUT2D eigenvalue weighted by molar-refractivity contribution is 0.394. The van der Waals surface area contributed by atoms with Crippen LogP contribution in [0.2, 0.25) is 0 Å². The van der Waals surface area contributed by atoms with Crippen molar-refractivity contribution in [1.29, 1.82) is 0 Å². The largest absolute Gasteiger partial charge is 0.339 e. The van der Waals surface area contributed by atoms with Gasteiger partial charge >= 0.3 is 0 Å². The molecule has 1 aliphatic heterocycles. The second-order valence-corrected chi connectivity index (χ2v) is 4.37. The highest BCUT2D eigenvalue weighted by molar-refractivity contribution is 5.57. The maximum absolute atomic E-state index is 5.01. The van der Waals surface area contributed by atoms with Crippen LogP contribution in [0.4, 0.5) is 0 Å². The normalized spacial score (nSPS) is 15.4. The Morgan fingerprint density at radius 1 is 1.18 bits per heavy atom. The number of aromatic nitrogens is 2. The van der Waals surface area contributed by atoms with Crippen molar-refractivity contribution in [3.05, 3.63) is 35.2 Å². The van der Waals surface area contributed by atoms with Crippen molar-refractivity contribution in [1.82, 2.24) is 15.5 Å². The number of hydrogen-bond donors (Lipinski definition) is 1. The third-order valence-corrected chi connectivity index (χ3v) is 3.13. The Balaban J connectivity index is 2.00. The summed E-state index contributed by atoms with van der Waals surface area (Å²) in [5.41, 5.74) is 3.87. The molecule has 0 aliphatic carbocycles. The van der Waals surface area contributed by atoms with E-state index in [2.05, 4.69) is 33.7 Å². The Bertz CT molecular complexity index is 533. The van der Waals surface area contributed by atoms with Gasteiger partial charge in [-0.2, -0.15) is 4.98 Å². The molecular weight excluding hydrogens is 214 g/mol. The van der Waals surface area contributed by atoms with Gasteiger partial charge in [0.05, 0.1) is 0 Å². The molecule has 1 aliphatic rings. The van der Waals surface area contributed by atoms with Gasteiger partial charge in [-0.05, 0) is 43.1 Å². The Labute approximate surface area is 100 Å². The van der Waals surface area contributed by atoms with Crippen LogP contribution in [-0.2, 0) is 12.8 Å². The molecule has 88 valence electrons. The molecule has 0 spiro atoms. The Morgan fingerprint density at radius 3 is 2.76 bits per heavy atom. The quantitative estimate of drug-likeness (QED) is 0.809. The molecule has 4 heteroatoms. The van der Waals surface area contributed by atoms with Gasteiger partial charge in [-0.3, -0.25) is 0 Å². The van der Waals surface area contributed by atoms with Crippen molar-refractivity contribution in [2.45, 2.75) is 19.8 Å². The fraction of sp³-hybridized carbons (Fsp3) is 0.385. The maximum atomic E-state index is 5.01. The zero-order valence-corrected chi connectivity index (χ0v) is 9.86. The first-order chi connectivity index (χ1) is 8.33. The number of aryl methyl sites for hydroxylation is 1. The topological polar surface area (TPSA) is 51.0 Å². The van der Waals surface area contributed by atoms with E-state index in [4.69, 9.17) is 4.52 Å². The van der Waals surface area contributed by atoms with E-state index in [1.165, 1.54) is 11.1 Å². The summed E-state index contributed by atoms with van der Waals surface area (Å²) >= 11 is 0. The number of rotatable bonds is 1. The number of benzene rings is 1. The van der Waals surface area contributed by atoms with Crippen molar-refractivity contribution in [2.24, 2.45) is 0 Å². The smallest absolute Gasteiger partial charge is 0.223 e. The predicted octanol–water partition coefficient (Wildman–Crippen LogP) is 1.73. The van der Waals surface area contributed by atoms with Gasteiger partial charge in [0.2, 0.25) is 11.7 Å². The van der Waals surface area contributed by atoms with E-state index in [9.17, 15) is 0 Å². The highest BCUT2D eigenvalue weighted by Crippen LogP contribution is 2.21. The molecule has 0 atom stereocenters. The van der Waals surface area contributed by atoms with Gasteiger partial charge in [0.1, 0.15) is 0 Å². The molecule has 0 saturated carbocycles. The zero-order chi connectivity index (χ0) is 11.7. The van der Waals surface area contributed by atoms with E-state index in [-0.39, 0.29) is 0 Å². The van der Waals surface area contributed by atoms with Crippen LogP contribution < -0.4 is 5.32 Å². The van der Waals surface area contributed by atoms with E-state index in [0.717, 1.165) is 31.5 Å². The summed E-state index contributed by atoms with van der Waals surface area (Å²) in [5.74, 6) is 1.29. The van der Waals surface area contributed by atoms with Gasteiger partial charge < -0.3 is 9.84 Å². The van der Waals surface area contributed by atoms with Crippen LogP contribution in [0.5, 0.6) is 0 Å². The zero-order valence-electron chi connectivity index (χ0n) is 9.86. The molecule has 3 rings (SSSR count). The third-order valence-electron chi connectivity index (χ3n) is 3.13. The van der Waals surface area contributed by atoms with Crippen molar-refractivity contribution >= 4 is 0 Å². The fourth-order valence-electron chi connectivity index (χ4n) is 2.23. The fourth-order valence-corrected chi connectivity index (χ4v) is 2.23. The van der Waals surface area contributed by atoms with Crippen molar-refractivity contribution in [3.63, 3.8) is 0 Å². The van der Waals surface area contributed by atoms with Crippen LogP contribution in [0.15, 0.2) is 22.7 Å². The van der Waals surface area contributed by atoms with Crippen LogP contribution in [0, 0.1) is 6.92 Å². The molecule has 0 saturated heterocycles. The SMILES string of the molecule is Cc1nc(-c2ccc3c(c2)CCNCC3)no1. The lowest BCUT2D eigenvalue weighted by Gasteiger charge is -2.05. The average Bonchev–Trinajstić information content (AvgIpc) is 2.64. The van der Waals surface area contributed by atoms with Gasteiger partial charge in [-0.15, -0.1) is 0 Å². The van der Waals surface area contributed by atoms with E-state index in [0.29, 0.717) is 11.7 Å². The minimum absolute atomic E-state index is 0.608. The van der Waals surface area contributed by atoms with Crippen molar-refractivity contribution < 1.29 is 4.52 Å². The Kier molecular flexibility index (Phi) is 2.65. The highest BCUT2D eigenvalue weighted by Gasteiger charge is 2.11. The first-order valence-electron chi connectivity index (χ1n) is 5.96. The summed E-state index contributed by atoms with van der Waals surface area (Å²) in [6.07, 6.45) is 2.17. The van der Waals surface area contributed by atoms with Crippen LogP contribution >= 0.6 is 0 Å². The number of fused-ring (bicyclic) bond motifs is 1.